The van der Waals surface area contributed by atoms with Gasteiger partial charge in [-0.1, -0.05) is 47.5 Å². The minimum atomic E-state index is -2.19. The zero-order chi connectivity index (χ0) is 26.3. The largest absolute Gasteiger partial charge is 0.543 e. The highest BCUT2D eigenvalue weighted by molar-refractivity contribution is 6.30. The summed E-state index contributed by atoms with van der Waals surface area (Å²) in [5.74, 6) is -6.01. The van der Waals surface area contributed by atoms with Gasteiger partial charge in [0.05, 0.1) is 37.9 Å². The monoisotopic (exact) mass is 516 g/mol. The molecule has 2 aromatic carbocycles. The van der Waals surface area contributed by atoms with E-state index in [9.17, 15) is 9.59 Å². The molecule has 0 aliphatic rings. The van der Waals surface area contributed by atoms with Crippen LogP contribution >= 0.6 is 23.2 Å². The molecule has 0 aliphatic heterocycles. The number of carboxylic acids is 4. The molecule has 8 N–H and O–H groups in total. The highest BCUT2D eigenvalue weighted by Crippen LogP contribution is 2.21. The Balaban J connectivity index is 0.000000521. The van der Waals surface area contributed by atoms with Crippen LogP contribution in [0, 0.1) is 0 Å². The highest BCUT2D eigenvalue weighted by atomic mass is 35.5. The van der Waals surface area contributed by atoms with Crippen molar-refractivity contribution in [1.29, 1.82) is 0 Å². The van der Waals surface area contributed by atoms with Gasteiger partial charge in [-0.05, 0) is 35.4 Å². The number of rotatable bonds is 8. The lowest BCUT2D eigenvalue weighted by Crippen LogP contribution is -2.53. The summed E-state index contributed by atoms with van der Waals surface area (Å²) < 4.78 is 0. The van der Waals surface area contributed by atoms with Gasteiger partial charge in [0, 0.05) is 21.9 Å². The van der Waals surface area contributed by atoms with Crippen molar-refractivity contribution in [2.75, 3.05) is 13.1 Å². The summed E-state index contributed by atoms with van der Waals surface area (Å²) in [6.07, 6.45) is 0.232. The van der Waals surface area contributed by atoms with Crippen LogP contribution < -0.4 is 21.7 Å². The minimum absolute atomic E-state index is 0.0234. The smallest absolute Gasteiger partial charge is 0.304 e. The third kappa shape index (κ3) is 13.4. The van der Waals surface area contributed by atoms with E-state index in [4.69, 9.17) is 53.2 Å². The second-order valence-corrected chi connectivity index (χ2v) is 7.72. The van der Waals surface area contributed by atoms with E-state index in [2.05, 4.69) is 11.5 Å². The van der Waals surface area contributed by atoms with Crippen LogP contribution in [-0.4, -0.2) is 47.2 Å². The van der Waals surface area contributed by atoms with Crippen LogP contribution in [-0.2, 0) is 19.2 Å². The molecule has 2 aromatic rings. The normalized spacial score (nSPS) is 11.5. The molecule has 0 bridgehead atoms. The van der Waals surface area contributed by atoms with Gasteiger partial charge in [0.2, 0.25) is 0 Å². The van der Waals surface area contributed by atoms with Gasteiger partial charge in [-0.15, -0.1) is 0 Å². The molecule has 0 heterocycles. The van der Waals surface area contributed by atoms with Crippen molar-refractivity contribution in [2.24, 2.45) is 0 Å². The van der Waals surface area contributed by atoms with Crippen molar-refractivity contribution in [3.63, 3.8) is 0 Å². The second kappa shape index (κ2) is 16.4. The first-order valence-electron chi connectivity index (χ1n) is 9.86. The number of carbonyl (C=O) groups is 4. The third-order valence-corrected chi connectivity index (χ3v) is 4.89. The van der Waals surface area contributed by atoms with Gasteiger partial charge in [0.1, 0.15) is 0 Å². The fraction of sp³-hybridized carbons (Fsp3) is 0.273. The highest BCUT2D eigenvalue weighted by Gasteiger charge is 2.16. The summed E-state index contributed by atoms with van der Waals surface area (Å²) in [5, 5.41) is 36.5. The molecule has 0 fully saturated rings. The van der Waals surface area contributed by atoms with Crippen LogP contribution in [0.15, 0.2) is 48.5 Å². The molecular formula is C22H26Cl2N2O8. The predicted octanol–water partition coefficient (Wildman–Crippen LogP) is -1.23. The molecule has 10 nitrogen and oxygen atoms in total. The molecule has 0 radical (unpaired) electrons. The number of halogens is 2. The molecule has 0 saturated carbocycles. The van der Waals surface area contributed by atoms with E-state index in [-0.39, 0.29) is 24.7 Å². The number of hydrogen-bond donors (Lipinski definition) is 4. The van der Waals surface area contributed by atoms with Gasteiger partial charge in [-0.3, -0.25) is 9.59 Å². The number of hydrogen-bond acceptors (Lipinski definition) is 6. The Morgan fingerprint density at radius 1 is 0.676 bits per heavy atom. The Labute approximate surface area is 205 Å². The van der Waals surface area contributed by atoms with E-state index >= 15 is 0 Å². The quantitative estimate of drug-likeness (QED) is 0.311. The van der Waals surface area contributed by atoms with Gasteiger partial charge in [-0.2, -0.15) is 0 Å². The Bertz CT molecular complexity index is 859. The van der Waals surface area contributed by atoms with E-state index in [0.29, 0.717) is 23.1 Å². The molecule has 34 heavy (non-hydrogen) atoms. The van der Waals surface area contributed by atoms with Crippen LogP contribution in [0.25, 0.3) is 0 Å². The lowest BCUT2D eigenvalue weighted by atomic mass is 9.96. The van der Waals surface area contributed by atoms with Crippen LogP contribution in [0.1, 0.15) is 35.8 Å². The molecule has 0 amide bonds. The molecular weight excluding hydrogens is 491 g/mol. The maximum Gasteiger partial charge on any atom is 0.304 e. The lowest BCUT2D eigenvalue weighted by Gasteiger charge is -2.10. The maximum absolute atomic E-state index is 10.6. The van der Waals surface area contributed by atoms with E-state index < -0.39 is 23.9 Å². The fourth-order valence-electron chi connectivity index (χ4n) is 2.66. The van der Waals surface area contributed by atoms with E-state index in [1.54, 1.807) is 24.3 Å². The number of quaternary nitrogens is 2. The Morgan fingerprint density at radius 3 is 1.12 bits per heavy atom. The Hall–Kier alpha value is -3.18. The molecule has 12 heteroatoms. The lowest BCUT2D eigenvalue weighted by molar-refractivity contribution is -0.372. The predicted molar refractivity (Wildman–Crippen MR) is 118 cm³/mol. The number of carbonyl (C=O) groups excluding carboxylic acids is 2. The fourth-order valence-corrected chi connectivity index (χ4v) is 2.92. The SMILES string of the molecule is O=C([O-])C(=O)[O-].[NH3+]C[C@@H](CC(=O)O)c1ccc(Cl)cc1.[NH3+]C[C@H](CC(=O)O)c1ccc(Cl)cc1. The average molecular weight is 517 g/mol. The van der Waals surface area contributed by atoms with Gasteiger partial charge in [0.25, 0.3) is 0 Å². The van der Waals surface area contributed by atoms with E-state index in [1.165, 1.54) is 0 Å². The Kier molecular flexibility index (Phi) is 14.9. The first kappa shape index (κ1) is 30.8. The van der Waals surface area contributed by atoms with Crippen LogP contribution in [0.5, 0.6) is 0 Å². The standard InChI is InChI=1S/2C10H12ClNO2.C2H2O4/c2*11-9-3-1-7(2-4-9)8(6-12)5-10(13)14;3-1(4)2(5)6/h2*1-4,8H,5-6,12H2,(H,13,14);(H,3,4)(H,5,6)/t2*8-;/m10./s1. The number of aliphatic carboxylic acids is 4. The van der Waals surface area contributed by atoms with Crippen molar-refractivity contribution in [3.8, 4) is 0 Å². The van der Waals surface area contributed by atoms with Crippen molar-refractivity contribution >= 4 is 47.1 Å². The van der Waals surface area contributed by atoms with E-state index in [0.717, 1.165) is 11.1 Å². The summed E-state index contributed by atoms with van der Waals surface area (Å²) in [7, 11) is 0. The summed E-state index contributed by atoms with van der Waals surface area (Å²) in [4.78, 5) is 39.0. The van der Waals surface area contributed by atoms with E-state index in [1.807, 2.05) is 24.3 Å². The van der Waals surface area contributed by atoms with Gasteiger partial charge in [-0.25, -0.2) is 0 Å². The molecule has 2 atom stereocenters. The molecule has 2 rings (SSSR count). The zero-order valence-corrected chi connectivity index (χ0v) is 19.6. The van der Waals surface area contributed by atoms with Crippen LogP contribution in [0.2, 0.25) is 10.0 Å². The summed E-state index contributed by atoms with van der Waals surface area (Å²) >= 11 is 11.5. The molecule has 186 valence electrons. The molecule has 0 unspecified atom stereocenters. The molecule has 0 saturated heterocycles. The van der Waals surface area contributed by atoms with Gasteiger partial charge >= 0.3 is 11.9 Å². The number of carboxylic acid groups (broad SMARTS) is 4. The molecule has 0 aromatic heterocycles. The zero-order valence-electron chi connectivity index (χ0n) is 18.1. The van der Waals surface area contributed by atoms with Crippen molar-refractivity contribution in [1.82, 2.24) is 0 Å². The topological polar surface area (TPSA) is 210 Å². The summed E-state index contributed by atoms with van der Waals surface area (Å²) in [5.41, 5.74) is 9.44. The van der Waals surface area contributed by atoms with Crippen molar-refractivity contribution < 1.29 is 51.1 Å². The minimum Gasteiger partial charge on any atom is -0.543 e. The van der Waals surface area contributed by atoms with Gasteiger partial charge < -0.3 is 41.5 Å². The van der Waals surface area contributed by atoms with Crippen molar-refractivity contribution in [2.45, 2.75) is 24.7 Å². The number of benzene rings is 2. The average Bonchev–Trinajstić information content (AvgIpc) is 2.77. The summed E-state index contributed by atoms with van der Waals surface area (Å²) in [6.45, 7) is 1.15. The van der Waals surface area contributed by atoms with Crippen LogP contribution in [0.3, 0.4) is 0 Å². The first-order valence-corrected chi connectivity index (χ1v) is 10.6. The van der Waals surface area contributed by atoms with Crippen molar-refractivity contribution in [3.05, 3.63) is 69.7 Å². The molecule has 0 spiro atoms. The summed E-state index contributed by atoms with van der Waals surface area (Å²) in [6, 6.07) is 14.5. The van der Waals surface area contributed by atoms with Crippen LogP contribution in [0.4, 0.5) is 0 Å². The maximum atomic E-state index is 10.6. The Morgan fingerprint density at radius 2 is 0.941 bits per heavy atom. The first-order chi connectivity index (χ1) is 15.9. The second-order valence-electron chi connectivity index (χ2n) is 6.84. The molecule has 0 aliphatic carbocycles. The third-order valence-electron chi connectivity index (χ3n) is 4.39. The van der Waals surface area contributed by atoms with Gasteiger partial charge in [0.15, 0.2) is 0 Å².